The molecule has 0 unspecified atom stereocenters. The van der Waals surface area contributed by atoms with Crippen LogP contribution in [0.15, 0.2) is 72.8 Å². The molecular formula is C29H34N2O. The van der Waals surface area contributed by atoms with Crippen molar-refractivity contribution >= 4 is 11.6 Å². The third-order valence-electron chi connectivity index (χ3n) is 6.42. The van der Waals surface area contributed by atoms with Crippen LogP contribution < -0.4 is 10.2 Å². The molecule has 0 spiro atoms. The van der Waals surface area contributed by atoms with Crippen molar-refractivity contribution in [3.8, 4) is 0 Å². The first-order valence-electron chi connectivity index (χ1n) is 11.6. The van der Waals surface area contributed by atoms with Gasteiger partial charge in [-0.2, -0.15) is 0 Å². The van der Waals surface area contributed by atoms with Gasteiger partial charge in [-0.15, -0.1) is 0 Å². The van der Waals surface area contributed by atoms with Gasteiger partial charge in [0.05, 0.1) is 6.04 Å². The summed E-state index contributed by atoms with van der Waals surface area (Å²) in [6, 6.07) is 25.2. The van der Waals surface area contributed by atoms with Crippen molar-refractivity contribution in [1.82, 2.24) is 5.32 Å². The van der Waals surface area contributed by atoms with E-state index >= 15 is 0 Å². The average Bonchev–Trinajstić information content (AvgIpc) is 2.79. The number of fused-ring (bicyclic) bond motifs is 1. The molecule has 0 saturated carbocycles. The monoisotopic (exact) mass is 426 g/mol. The lowest BCUT2D eigenvalue weighted by molar-refractivity contribution is 0.0940. The van der Waals surface area contributed by atoms with Crippen molar-refractivity contribution in [3.63, 3.8) is 0 Å². The Balaban J connectivity index is 1.38. The highest BCUT2D eigenvalue weighted by Crippen LogP contribution is 2.28. The first kappa shape index (κ1) is 22.1. The highest BCUT2D eigenvalue weighted by molar-refractivity contribution is 5.94. The zero-order valence-electron chi connectivity index (χ0n) is 19.7. The van der Waals surface area contributed by atoms with E-state index in [4.69, 9.17) is 0 Å². The molecule has 166 valence electrons. The van der Waals surface area contributed by atoms with Crippen molar-refractivity contribution < 1.29 is 4.79 Å². The smallest absolute Gasteiger partial charge is 0.251 e. The van der Waals surface area contributed by atoms with Crippen LogP contribution in [0.5, 0.6) is 0 Å². The van der Waals surface area contributed by atoms with E-state index in [9.17, 15) is 4.79 Å². The summed E-state index contributed by atoms with van der Waals surface area (Å²) in [4.78, 5) is 15.2. The number of anilines is 1. The van der Waals surface area contributed by atoms with Crippen LogP contribution in [-0.2, 0) is 18.4 Å². The molecule has 0 aromatic heterocycles. The zero-order chi connectivity index (χ0) is 22.7. The second kappa shape index (κ2) is 9.20. The first-order chi connectivity index (χ1) is 15.3. The Hall–Kier alpha value is -3.07. The molecule has 3 aromatic carbocycles. The van der Waals surface area contributed by atoms with Crippen molar-refractivity contribution in [2.45, 2.75) is 58.5 Å². The van der Waals surface area contributed by atoms with Crippen LogP contribution in [0.1, 0.15) is 72.8 Å². The average molecular weight is 427 g/mol. The van der Waals surface area contributed by atoms with E-state index in [-0.39, 0.29) is 17.4 Å². The molecule has 1 aliphatic heterocycles. The van der Waals surface area contributed by atoms with Gasteiger partial charge >= 0.3 is 0 Å². The molecule has 3 aromatic rings. The molecule has 3 heteroatoms. The van der Waals surface area contributed by atoms with Crippen molar-refractivity contribution in [3.05, 3.63) is 101 Å². The third kappa shape index (κ3) is 5.04. The topological polar surface area (TPSA) is 32.3 Å². The summed E-state index contributed by atoms with van der Waals surface area (Å²) in [6.45, 7) is 10.6. The molecule has 1 N–H and O–H groups in total. The molecule has 0 fully saturated rings. The summed E-state index contributed by atoms with van der Waals surface area (Å²) >= 11 is 0. The summed E-state index contributed by atoms with van der Waals surface area (Å²) in [5.41, 5.74) is 7.24. The Morgan fingerprint density at radius 2 is 1.66 bits per heavy atom. The number of nitrogens with zero attached hydrogens (tertiary/aromatic N) is 1. The molecule has 1 amide bonds. The van der Waals surface area contributed by atoms with Gasteiger partial charge in [0.25, 0.3) is 5.91 Å². The molecular weight excluding hydrogens is 392 g/mol. The van der Waals surface area contributed by atoms with E-state index in [1.807, 2.05) is 19.1 Å². The summed E-state index contributed by atoms with van der Waals surface area (Å²) in [5.74, 6) is -0.0349. The standard InChI is InChI=1S/C29H34N2O/c1-21(23-15-17-26(18-16-23)29(2,3)4)30-28(32)25-13-11-22(12-14-25)20-31-19-7-9-24-8-5-6-10-27(24)31/h5-6,8,10-18,21H,7,9,19-20H2,1-4H3,(H,30,32)/t21-/m0/s1. The normalized spacial score (nSPS) is 14.6. The van der Waals surface area contributed by atoms with E-state index in [0.717, 1.165) is 25.1 Å². The van der Waals surface area contributed by atoms with Crippen LogP contribution in [0.25, 0.3) is 0 Å². The van der Waals surface area contributed by atoms with Crippen molar-refractivity contribution in [2.24, 2.45) is 0 Å². The predicted octanol–water partition coefficient (Wildman–Crippen LogP) is 6.43. The molecule has 0 saturated heterocycles. The molecule has 1 heterocycles. The maximum atomic E-state index is 12.8. The van der Waals surface area contributed by atoms with Gasteiger partial charge < -0.3 is 10.2 Å². The Morgan fingerprint density at radius 3 is 2.34 bits per heavy atom. The number of carbonyl (C=O) groups is 1. The van der Waals surface area contributed by atoms with Crippen LogP contribution in [0.3, 0.4) is 0 Å². The number of rotatable bonds is 5. The van der Waals surface area contributed by atoms with Crippen LogP contribution >= 0.6 is 0 Å². The lowest BCUT2D eigenvalue weighted by Crippen LogP contribution is -2.29. The van der Waals surface area contributed by atoms with Crippen molar-refractivity contribution in [1.29, 1.82) is 0 Å². The number of hydrogen-bond donors (Lipinski definition) is 1. The molecule has 0 aliphatic carbocycles. The van der Waals surface area contributed by atoms with E-state index in [1.54, 1.807) is 0 Å². The zero-order valence-corrected chi connectivity index (χ0v) is 19.7. The minimum Gasteiger partial charge on any atom is -0.367 e. The van der Waals surface area contributed by atoms with Crippen LogP contribution in [0.4, 0.5) is 5.69 Å². The largest absolute Gasteiger partial charge is 0.367 e. The fourth-order valence-corrected chi connectivity index (χ4v) is 4.39. The minimum absolute atomic E-state index is 0.0349. The number of aryl methyl sites for hydroxylation is 1. The maximum absolute atomic E-state index is 12.8. The third-order valence-corrected chi connectivity index (χ3v) is 6.42. The van der Waals surface area contributed by atoms with Gasteiger partial charge in [-0.3, -0.25) is 4.79 Å². The molecule has 32 heavy (non-hydrogen) atoms. The summed E-state index contributed by atoms with van der Waals surface area (Å²) < 4.78 is 0. The number of para-hydroxylation sites is 1. The Bertz CT molecular complexity index is 1060. The number of amides is 1. The highest BCUT2D eigenvalue weighted by Gasteiger charge is 2.18. The summed E-state index contributed by atoms with van der Waals surface area (Å²) in [7, 11) is 0. The van der Waals surface area contributed by atoms with Gasteiger partial charge in [0.1, 0.15) is 0 Å². The highest BCUT2D eigenvalue weighted by atomic mass is 16.1. The van der Waals surface area contributed by atoms with Gasteiger partial charge in [-0.1, -0.05) is 75.4 Å². The molecule has 1 aliphatic rings. The fourth-order valence-electron chi connectivity index (χ4n) is 4.39. The summed E-state index contributed by atoms with van der Waals surface area (Å²) in [5, 5.41) is 3.14. The predicted molar refractivity (Wildman–Crippen MR) is 133 cm³/mol. The molecule has 0 radical (unpaired) electrons. The van der Waals surface area contributed by atoms with Gasteiger partial charge in [-0.25, -0.2) is 0 Å². The minimum atomic E-state index is -0.0407. The van der Waals surface area contributed by atoms with Gasteiger partial charge in [0.15, 0.2) is 0 Å². The lowest BCUT2D eigenvalue weighted by Gasteiger charge is -2.31. The van der Waals surface area contributed by atoms with Gasteiger partial charge in [0.2, 0.25) is 0 Å². The maximum Gasteiger partial charge on any atom is 0.251 e. The Labute approximate surface area is 192 Å². The van der Waals surface area contributed by atoms with Gasteiger partial charge in [-0.05, 0) is 65.6 Å². The molecule has 0 bridgehead atoms. The SMILES string of the molecule is C[C@H](NC(=O)c1ccc(CN2CCCc3ccccc32)cc1)c1ccc(C(C)(C)C)cc1. The Morgan fingerprint density at radius 1 is 0.969 bits per heavy atom. The van der Waals surface area contributed by atoms with Crippen LogP contribution in [0, 0.1) is 0 Å². The molecule has 4 rings (SSSR count). The molecule has 1 atom stereocenters. The van der Waals surface area contributed by atoms with E-state index < -0.39 is 0 Å². The van der Waals surface area contributed by atoms with Crippen LogP contribution in [-0.4, -0.2) is 12.5 Å². The van der Waals surface area contributed by atoms with Gasteiger partial charge in [0, 0.05) is 24.3 Å². The first-order valence-corrected chi connectivity index (χ1v) is 11.6. The number of nitrogens with one attached hydrogen (secondary N) is 1. The molecule has 3 nitrogen and oxygen atoms in total. The number of benzene rings is 3. The Kier molecular flexibility index (Phi) is 6.36. The van der Waals surface area contributed by atoms with Crippen molar-refractivity contribution in [2.75, 3.05) is 11.4 Å². The summed E-state index contributed by atoms with van der Waals surface area (Å²) in [6.07, 6.45) is 2.34. The number of hydrogen-bond acceptors (Lipinski definition) is 2. The second-order valence-electron chi connectivity index (χ2n) is 9.92. The van der Waals surface area contributed by atoms with E-state index in [0.29, 0.717) is 5.56 Å². The second-order valence-corrected chi connectivity index (χ2v) is 9.92. The quantitative estimate of drug-likeness (QED) is 0.510. The lowest BCUT2D eigenvalue weighted by atomic mass is 9.86. The van der Waals surface area contributed by atoms with E-state index in [1.165, 1.54) is 28.8 Å². The number of carbonyl (C=O) groups excluding carboxylic acids is 1. The fraction of sp³-hybridized carbons (Fsp3) is 0.345. The van der Waals surface area contributed by atoms with E-state index in [2.05, 4.69) is 91.7 Å². The van der Waals surface area contributed by atoms with Crippen LogP contribution in [0.2, 0.25) is 0 Å².